The molecule has 0 radical (unpaired) electrons. The molecule has 0 amide bonds. The van der Waals surface area contributed by atoms with Gasteiger partial charge in [0.25, 0.3) is 0 Å². The standard InChI is InChI=1S/C15H15F3N6/c1-8-4-11(9-6-21-24(3)12(9)5-8)22-14-20-7-10(15(16,17)18)13(19-2)23-14/h4-7H,1-3H3,(H2,19,20,22,23). The van der Waals surface area contributed by atoms with Crippen molar-refractivity contribution in [3.63, 3.8) is 0 Å². The molecule has 0 aliphatic rings. The number of nitrogens with zero attached hydrogens (tertiary/aromatic N) is 4. The smallest absolute Gasteiger partial charge is 0.372 e. The molecule has 0 bridgehead atoms. The van der Waals surface area contributed by atoms with Gasteiger partial charge in [-0.2, -0.15) is 23.3 Å². The van der Waals surface area contributed by atoms with E-state index in [0.29, 0.717) is 5.69 Å². The summed E-state index contributed by atoms with van der Waals surface area (Å²) >= 11 is 0. The highest BCUT2D eigenvalue weighted by molar-refractivity contribution is 5.93. The van der Waals surface area contributed by atoms with Gasteiger partial charge in [0.15, 0.2) is 0 Å². The lowest BCUT2D eigenvalue weighted by Crippen LogP contribution is -2.12. The Kier molecular flexibility index (Phi) is 3.78. The van der Waals surface area contributed by atoms with Crippen LogP contribution in [0.2, 0.25) is 0 Å². The molecule has 0 saturated heterocycles. The first-order valence-corrected chi connectivity index (χ1v) is 7.11. The number of aryl methyl sites for hydroxylation is 2. The molecule has 9 heteroatoms. The molecule has 0 unspecified atom stereocenters. The molecule has 24 heavy (non-hydrogen) atoms. The topological polar surface area (TPSA) is 67.7 Å². The van der Waals surface area contributed by atoms with Gasteiger partial charge in [-0.1, -0.05) is 0 Å². The van der Waals surface area contributed by atoms with Crippen LogP contribution in [0.15, 0.2) is 24.5 Å². The van der Waals surface area contributed by atoms with Crippen molar-refractivity contribution in [1.82, 2.24) is 19.7 Å². The fraction of sp³-hybridized carbons (Fsp3) is 0.267. The van der Waals surface area contributed by atoms with Crippen molar-refractivity contribution in [3.05, 3.63) is 35.7 Å². The molecule has 0 atom stereocenters. The molecule has 0 aliphatic carbocycles. The van der Waals surface area contributed by atoms with Crippen molar-refractivity contribution in [2.24, 2.45) is 7.05 Å². The van der Waals surface area contributed by atoms with Crippen LogP contribution in [0.25, 0.3) is 10.9 Å². The van der Waals surface area contributed by atoms with E-state index in [1.807, 2.05) is 26.1 Å². The van der Waals surface area contributed by atoms with Crippen molar-refractivity contribution in [2.75, 3.05) is 17.7 Å². The largest absolute Gasteiger partial charge is 0.421 e. The zero-order valence-corrected chi connectivity index (χ0v) is 13.2. The van der Waals surface area contributed by atoms with Gasteiger partial charge in [0.1, 0.15) is 11.4 Å². The van der Waals surface area contributed by atoms with Crippen LogP contribution in [-0.2, 0) is 13.2 Å². The minimum absolute atomic E-state index is 0.0723. The van der Waals surface area contributed by atoms with Crippen LogP contribution in [0, 0.1) is 6.92 Å². The molecular weight excluding hydrogens is 321 g/mol. The maximum Gasteiger partial charge on any atom is 0.421 e. The highest BCUT2D eigenvalue weighted by Crippen LogP contribution is 2.34. The zero-order valence-electron chi connectivity index (χ0n) is 13.2. The maximum absolute atomic E-state index is 12.9. The summed E-state index contributed by atoms with van der Waals surface area (Å²) in [5, 5.41) is 10.5. The predicted molar refractivity (Wildman–Crippen MR) is 85.3 cm³/mol. The van der Waals surface area contributed by atoms with Gasteiger partial charge in [0.05, 0.1) is 17.4 Å². The van der Waals surface area contributed by atoms with Crippen molar-refractivity contribution < 1.29 is 13.2 Å². The van der Waals surface area contributed by atoms with E-state index in [1.54, 1.807) is 10.9 Å². The number of benzene rings is 1. The molecule has 0 spiro atoms. The summed E-state index contributed by atoms with van der Waals surface area (Å²) in [5.41, 5.74) is 1.65. The van der Waals surface area contributed by atoms with Crippen LogP contribution < -0.4 is 10.6 Å². The Bertz CT molecular complexity index is 900. The average molecular weight is 336 g/mol. The molecule has 2 aromatic heterocycles. The number of hydrogen-bond acceptors (Lipinski definition) is 5. The van der Waals surface area contributed by atoms with Crippen molar-refractivity contribution >= 4 is 28.4 Å². The predicted octanol–water partition coefficient (Wildman–Crippen LogP) is 3.48. The number of aromatic nitrogens is 4. The molecule has 2 heterocycles. The van der Waals surface area contributed by atoms with Crippen LogP contribution >= 0.6 is 0 Å². The van der Waals surface area contributed by atoms with E-state index in [0.717, 1.165) is 22.7 Å². The third kappa shape index (κ3) is 2.84. The molecule has 2 N–H and O–H groups in total. The first-order valence-electron chi connectivity index (χ1n) is 7.11. The molecule has 0 aliphatic heterocycles. The molecule has 0 saturated carbocycles. The van der Waals surface area contributed by atoms with E-state index in [-0.39, 0.29) is 11.8 Å². The molecule has 126 valence electrons. The fourth-order valence-electron chi connectivity index (χ4n) is 2.45. The Morgan fingerprint density at radius 1 is 1.17 bits per heavy atom. The lowest BCUT2D eigenvalue weighted by atomic mass is 10.1. The third-order valence-corrected chi connectivity index (χ3v) is 3.59. The van der Waals surface area contributed by atoms with E-state index in [4.69, 9.17) is 0 Å². The van der Waals surface area contributed by atoms with E-state index in [1.165, 1.54) is 7.05 Å². The Hall–Kier alpha value is -2.84. The minimum Gasteiger partial charge on any atom is -0.372 e. The van der Waals surface area contributed by atoms with Crippen LogP contribution in [0.1, 0.15) is 11.1 Å². The summed E-state index contributed by atoms with van der Waals surface area (Å²) in [6, 6.07) is 3.84. The lowest BCUT2D eigenvalue weighted by molar-refractivity contribution is -0.137. The Morgan fingerprint density at radius 2 is 1.92 bits per heavy atom. The Morgan fingerprint density at radius 3 is 2.58 bits per heavy atom. The van der Waals surface area contributed by atoms with Crippen LogP contribution in [0.3, 0.4) is 0 Å². The summed E-state index contributed by atoms with van der Waals surface area (Å²) in [5.74, 6) is -0.210. The van der Waals surface area contributed by atoms with E-state index >= 15 is 0 Å². The number of rotatable bonds is 3. The first-order chi connectivity index (χ1) is 11.3. The second-order valence-electron chi connectivity index (χ2n) is 5.34. The van der Waals surface area contributed by atoms with Gasteiger partial charge in [0.2, 0.25) is 5.95 Å². The van der Waals surface area contributed by atoms with Gasteiger partial charge in [-0.3, -0.25) is 4.68 Å². The van der Waals surface area contributed by atoms with Crippen LogP contribution in [0.5, 0.6) is 0 Å². The van der Waals surface area contributed by atoms with Crippen LogP contribution in [-0.4, -0.2) is 26.8 Å². The normalized spacial score (nSPS) is 11.8. The molecule has 0 fully saturated rings. The summed E-state index contributed by atoms with van der Waals surface area (Å²) in [6.45, 7) is 1.92. The highest BCUT2D eigenvalue weighted by atomic mass is 19.4. The molecular formula is C15H15F3N6. The number of nitrogens with one attached hydrogen (secondary N) is 2. The van der Waals surface area contributed by atoms with E-state index in [2.05, 4.69) is 25.7 Å². The number of anilines is 3. The number of fused-ring (bicyclic) bond motifs is 1. The van der Waals surface area contributed by atoms with Gasteiger partial charge >= 0.3 is 6.18 Å². The first kappa shape index (κ1) is 16.0. The van der Waals surface area contributed by atoms with Gasteiger partial charge in [-0.15, -0.1) is 0 Å². The van der Waals surface area contributed by atoms with Gasteiger partial charge < -0.3 is 10.6 Å². The number of hydrogen-bond donors (Lipinski definition) is 2. The molecule has 3 aromatic rings. The summed E-state index contributed by atoms with van der Waals surface area (Å²) in [4.78, 5) is 7.70. The van der Waals surface area contributed by atoms with Crippen molar-refractivity contribution in [3.8, 4) is 0 Å². The van der Waals surface area contributed by atoms with Gasteiger partial charge in [-0.05, 0) is 24.6 Å². The number of alkyl halides is 3. The lowest BCUT2D eigenvalue weighted by Gasteiger charge is -2.13. The van der Waals surface area contributed by atoms with E-state index in [9.17, 15) is 13.2 Å². The van der Waals surface area contributed by atoms with Crippen LogP contribution in [0.4, 0.5) is 30.6 Å². The molecule has 1 aromatic carbocycles. The Labute approximate surface area is 135 Å². The molecule has 6 nitrogen and oxygen atoms in total. The zero-order chi connectivity index (χ0) is 17.5. The summed E-state index contributed by atoms with van der Waals surface area (Å²) in [7, 11) is 3.20. The SMILES string of the molecule is CNc1nc(Nc2cc(C)cc3c2cnn3C)ncc1C(F)(F)F. The minimum atomic E-state index is -4.52. The van der Waals surface area contributed by atoms with Gasteiger partial charge in [-0.25, -0.2) is 4.98 Å². The van der Waals surface area contributed by atoms with E-state index < -0.39 is 11.7 Å². The quantitative estimate of drug-likeness (QED) is 0.766. The molecule has 3 rings (SSSR count). The second kappa shape index (κ2) is 5.66. The maximum atomic E-state index is 12.9. The Balaban J connectivity index is 2.03. The van der Waals surface area contributed by atoms with Gasteiger partial charge in [0, 0.05) is 25.7 Å². The fourth-order valence-corrected chi connectivity index (χ4v) is 2.45. The van der Waals surface area contributed by atoms with Crippen molar-refractivity contribution in [1.29, 1.82) is 0 Å². The van der Waals surface area contributed by atoms with Crippen molar-refractivity contribution in [2.45, 2.75) is 13.1 Å². The highest BCUT2D eigenvalue weighted by Gasteiger charge is 2.35. The monoisotopic (exact) mass is 336 g/mol. The average Bonchev–Trinajstić information content (AvgIpc) is 2.87. The third-order valence-electron chi connectivity index (χ3n) is 3.59. The summed E-state index contributed by atoms with van der Waals surface area (Å²) in [6.07, 6.45) is -2.07. The second-order valence-corrected chi connectivity index (χ2v) is 5.34. The summed E-state index contributed by atoms with van der Waals surface area (Å²) < 4.78 is 40.4. The number of halogens is 3.